The standard InChI is InChI=1S/C12H12FNO3S/c1-7-11(17)14(6-10(15)16)12(18-7)8-4-2-3-5-9(8)13/h2-5,7,12H,6H2,1H3,(H,15,16)/p-1/t7-,12-/m0/s1. The van der Waals surface area contributed by atoms with Crippen molar-refractivity contribution in [3.8, 4) is 0 Å². The van der Waals surface area contributed by atoms with Gasteiger partial charge in [-0.3, -0.25) is 4.79 Å². The average Bonchev–Trinajstić information content (AvgIpc) is 2.57. The first kappa shape index (κ1) is 12.9. The zero-order chi connectivity index (χ0) is 13.3. The Kier molecular flexibility index (Phi) is 3.56. The molecule has 0 spiro atoms. The van der Waals surface area contributed by atoms with E-state index in [9.17, 15) is 19.1 Å². The van der Waals surface area contributed by atoms with Crippen LogP contribution in [0.25, 0.3) is 0 Å². The maximum Gasteiger partial charge on any atom is 0.237 e. The molecule has 18 heavy (non-hydrogen) atoms. The van der Waals surface area contributed by atoms with Crippen molar-refractivity contribution in [1.29, 1.82) is 0 Å². The molecule has 6 heteroatoms. The highest BCUT2D eigenvalue weighted by Crippen LogP contribution is 2.43. The summed E-state index contributed by atoms with van der Waals surface area (Å²) in [6.45, 7) is 1.16. The largest absolute Gasteiger partial charge is 0.548 e. The molecule has 1 heterocycles. The summed E-state index contributed by atoms with van der Waals surface area (Å²) in [6.07, 6.45) is 0. The smallest absolute Gasteiger partial charge is 0.237 e. The molecule has 0 bridgehead atoms. The lowest BCUT2D eigenvalue weighted by atomic mass is 10.2. The van der Waals surface area contributed by atoms with Gasteiger partial charge in [-0.05, 0) is 13.0 Å². The van der Waals surface area contributed by atoms with E-state index >= 15 is 0 Å². The lowest BCUT2D eigenvalue weighted by molar-refractivity contribution is -0.306. The number of aliphatic carboxylic acids is 1. The van der Waals surface area contributed by atoms with Gasteiger partial charge in [-0.2, -0.15) is 0 Å². The van der Waals surface area contributed by atoms with Crippen LogP contribution in [0.3, 0.4) is 0 Å². The van der Waals surface area contributed by atoms with E-state index in [1.54, 1.807) is 25.1 Å². The van der Waals surface area contributed by atoms with Crippen LogP contribution in [0.4, 0.5) is 4.39 Å². The lowest BCUT2D eigenvalue weighted by Gasteiger charge is -2.24. The number of hydrogen-bond donors (Lipinski definition) is 0. The number of rotatable bonds is 3. The highest BCUT2D eigenvalue weighted by molar-refractivity contribution is 8.01. The number of carboxylic acid groups (broad SMARTS) is 1. The van der Waals surface area contributed by atoms with Crippen molar-refractivity contribution in [3.63, 3.8) is 0 Å². The molecule has 1 fully saturated rings. The summed E-state index contributed by atoms with van der Waals surface area (Å²) < 4.78 is 13.7. The second-order valence-corrected chi connectivity index (χ2v) is 5.42. The van der Waals surface area contributed by atoms with E-state index in [1.807, 2.05) is 0 Å². The van der Waals surface area contributed by atoms with E-state index in [0.717, 1.165) is 4.90 Å². The van der Waals surface area contributed by atoms with Crippen molar-refractivity contribution in [2.75, 3.05) is 6.54 Å². The van der Waals surface area contributed by atoms with E-state index in [1.165, 1.54) is 17.8 Å². The number of benzene rings is 1. The minimum absolute atomic E-state index is 0.308. The van der Waals surface area contributed by atoms with Crippen LogP contribution in [0.15, 0.2) is 24.3 Å². The average molecular weight is 268 g/mol. The fraction of sp³-hybridized carbons (Fsp3) is 0.333. The number of hydrogen-bond acceptors (Lipinski definition) is 4. The van der Waals surface area contributed by atoms with Crippen LogP contribution in [0.5, 0.6) is 0 Å². The van der Waals surface area contributed by atoms with Crippen molar-refractivity contribution in [3.05, 3.63) is 35.6 Å². The first-order valence-corrected chi connectivity index (χ1v) is 6.35. The van der Waals surface area contributed by atoms with Crippen LogP contribution < -0.4 is 5.11 Å². The number of amides is 1. The van der Waals surface area contributed by atoms with Gasteiger partial charge in [0.2, 0.25) is 5.91 Å². The van der Waals surface area contributed by atoms with E-state index in [0.29, 0.717) is 5.56 Å². The molecule has 1 saturated heterocycles. The Morgan fingerprint density at radius 3 is 2.78 bits per heavy atom. The summed E-state index contributed by atoms with van der Waals surface area (Å²) in [5.74, 6) is -2.10. The molecule has 0 saturated carbocycles. The highest BCUT2D eigenvalue weighted by atomic mass is 32.2. The third kappa shape index (κ3) is 2.33. The Balaban J connectivity index is 2.34. The summed E-state index contributed by atoms with van der Waals surface area (Å²) in [5.41, 5.74) is 0.321. The van der Waals surface area contributed by atoms with Gasteiger partial charge in [0.15, 0.2) is 0 Å². The molecule has 0 aliphatic carbocycles. The monoisotopic (exact) mass is 268 g/mol. The first-order chi connectivity index (χ1) is 8.50. The molecule has 96 valence electrons. The summed E-state index contributed by atoms with van der Waals surface area (Å²) in [6, 6.07) is 6.05. The molecular formula is C12H11FNO3S-. The van der Waals surface area contributed by atoms with E-state index in [-0.39, 0.29) is 11.2 Å². The van der Waals surface area contributed by atoms with Crippen molar-refractivity contribution in [2.45, 2.75) is 17.5 Å². The molecular weight excluding hydrogens is 257 g/mol. The van der Waals surface area contributed by atoms with Gasteiger partial charge in [0.25, 0.3) is 0 Å². The molecule has 0 aromatic heterocycles. The number of nitrogens with zero attached hydrogens (tertiary/aromatic N) is 1. The van der Waals surface area contributed by atoms with E-state index in [2.05, 4.69) is 0 Å². The van der Waals surface area contributed by atoms with Gasteiger partial charge in [-0.25, -0.2) is 4.39 Å². The maximum absolute atomic E-state index is 13.7. The third-order valence-corrected chi connectivity index (χ3v) is 4.09. The fourth-order valence-corrected chi connectivity index (χ4v) is 3.19. The molecule has 0 unspecified atom stereocenters. The topological polar surface area (TPSA) is 60.4 Å². The van der Waals surface area contributed by atoms with Gasteiger partial charge < -0.3 is 14.8 Å². The lowest BCUT2D eigenvalue weighted by Crippen LogP contribution is -2.41. The van der Waals surface area contributed by atoms with Crippen LogP contribution in [0.2, 0.25) is 0 Å². The van der Waals surface area contributed by atoms with E-state index in [4.69, 9.17) is 0 Å². The summed E-state index contributed by atoms with van der Waals surface area (Å²) >= 11 is 1.24. The molecule has 1 aromatic carbocycles. The van der Waals surface area contributed by atoms with Gasteiger partial charge in [0, 0.05) is 5.56 Å². The fourth-order valence-electron chi connectivity index (χ4n) is 1.89. The number of thioether (sulfide) groups is 1. The number of halogens is 1. The summed E-state index contributed by atoms with van der Waals surface area (Å²) in [7, 11) is 0. The van der Waals surface area contributed by atoms with Crippen molar-refractivity contribution >= 4 is 23.6 Å². The van der Waals surface area contributed by atoms with Crippen LogP contribution in [0.1, 0.15) is 17.9 Å². The Bertz CT molecular complexity index is 494. The number of carbonyl (C=O) groups is 2. The van der Waals surface area contributed by atoms with E-state index < -0.39 is 23.7 Å². The first-order valence-electron chi connectivity index (χ1n) is 5.41. The Labute approximate surface area is 108 Å². The summed E-state index contributed by atoms with van der Waals surface area (Å²) in [4.78, 5) is 23.6. The Hall–Kier alpha value is -1.56. The number of carbonyl (C=O) groups excluding carboxylic acids is 2. The quantitative estimate of drug-likeness (QED) is 0.802. The molecule has 1 aliphatic rings. The van der Waals surface area contributed by atoms with Crippen molar-refractivity contribution in [1.82, 2.24) is 4.90 Å². The Morgan fingerprint density at radius 2 is 2.17 bits per heavy atom. The molecule has 2 rings (SSSR count). The third-order valence-electron chi connectivity index (χ3n) is 2.72. The van der Waals surface area contributed by atoms with Gasteiger partial charge in [-0.1, -0.05) is 18.2 Å². The zero-order valence-corrected chi connectivity index (χ0v) is 10.4. The zero-order valence-electron chi connectivity index (χ0n) is 9.63. The second-order valence-electron chi connectivity index (χ2n) is 3.99. The molecule has 0 N–H and O–H groups in total. The van der Waals surface area contributed by atoms with Crippen molar-refractivity contribution < 1.29 is 19.1 Å². The van der Waals surface area contributed by atoms with Gasteiger partial charge in [0.1, 0.15) is 11.2 Å². The molecule has 0 radical (unpaired) electrons. The normalized spacial score (nSPS) is 23.4. The Morgan fingerprint density at radius 1 is 1.50 bits per heavy atom. The van der Waals surface area contributed by atoms with Gasteiger partial charge >= 0.3 is 0 Å². The number of carboxylic acids is 1. The molecule has 1 aromatic rings. The van der Waals surface area contributed by atoms with Crippen LogP contribution >= 0.6 is 11.8 Å². The van der Waals surface area contributed by atoms with Crippen molar-refractivity contribution in [2.24, 2.45) is 0 Å². The highest BCUT2D eigenvalue weighted by Gasteiger charge is 2.39. The predicted octanol–water partition coefficient (Wildman–Crippen LogP) is 0.538. The van der Waals surface area contributed by atoms with Crippen LogP contribution in [0, 0.1) is 5.82 Å². The SMILES string of the molecule is C[C@@H]1S[C@@H](c2ccccc2F)N(CC(=O)[O-])C1=O. The molecule has 1 aliphatic heterocycles. The summed E-state index contributed by atoms with van der Waals surface area (Å²) in [5, 5.41) is 9.68. The van der Waals surface area contributed by atoms with Gasteiger partial charge in [-0.15, -0.1) is 11.8 Å². The molecule has 2 atom stereocenters. The van der Waals surface area contributed by atoms with Crippen LogP contribution in [-0.2, 0) is 9.59 Å². The second kappa shape index (κ2) is 4.97. The minimum atomic E-state index is -1.35. The van der Waals surface area contributed by atoms with Gasteiger partial charge in [0.05, 0.1) is 17.8 Å². The predicted molar refractivity (Wildman–Crippen MR) is 62.9 cm³/mol. The molecule has 4 nitrogen and oxygen atoms in total. The minimum Gasteiger partial charge on any atom is -0.548 e. The van der Waals surface area contributed by atoms with Crippen LogP contribution in [-0.4, -0.2) is 28.6 Å². The molecule has 1 amide bonds. The maximum atomic E-state index is 13.7.